The van der Waals surface area contributed by atoms with Crippen molar-refractivity contribution < 1.29 is 14.0 Å². The number of carbonyl (C=O) groups is 2. The molecular weight excluding hydrogens is 455 g/mol. The van der Waals surface area contributed by atoms with Gasteiger partial charge >= 0.3 is 0 Å². The van der Waals surface area contributed by atoms with Gasteiger partial charge in [0, 0.05) is 23.7 Å². The number of carbonyl (C=O) groups excluding carboxylic acids is 2. The normalized spacial score (nSPS) is 11.1. The van der Waals surface area contributed by atoms with Crippen LogP contribution in [0, 0.1) is 5.82 Å². The van der Waals surface area contributed by atoms with Crippen LogP contribution in [0.2, 0.25) is 0 Å². The van der Waals surface area contributed by atoms with Gasteiger partial charge in [-0.1, -0.05) is 60.7 Å². The molecule has 0 atom stereocenters. The van der Waals surface area contributed by atoms with Crippen LogP contribution in [0.1, 0.15) is 19.4 Å². The first-order chi connectivity index (χ1) is 17.4. The standard InChI is InChI=1S/C29H27FN4O2/c1-21(2)33(29(36)18-13-22-9-5-3-6-10-22)20-28(35)31-27-19-26(23-11-7-4-8-12-23)32-34(27)25-16-14-24(30)15-17-25/h3-19,21H,20H2,1-2H3,(H,31,35). The molecular formula is C29H27FN4O2. The average Bonchev–Trinajstić information content (AvgIpc) is 3.31. The zero-order valence-corrected chi connectivity index (χ0v) is 20.1. The first-order valence-corrected chi connectivity index (χ1v) is 11.7. The summed E-state index contributed by atoms with van der Waals surface area (Å²) in [5, 5.41) is 7.51. The van der Waals surface area contributed by atoms with Crippen molar-refractivity contribution in [3.8, 4) is 16.9 Å². The molecule has 6 nitrogen and oxygen atoms in total. The maximum Gasteiger partial charge on any atom is 0.247 e. The third-order valence-electron chi connectivity index (χ3n) is 5.56. The number of halogens is 1. The highest BCUT2D eigenvalue weighted by Crippen LogP contribution is 2.25. The van der Waals surface area contributed by atoms with Crippen LogP contribution in [0.15, 0.2) is 97.1 Å². The highest BCUT2D eigenvalue weighted by molar-refractivity contribution is 5.98. The Bertz CT molecular complexity index is 1350. The molecule has 4 aromatic rings. The molecule has 0 aliphatic rings. The third kappa shape index (κ3) is 6.13. The van der Waals surface area contributed by atoms with E-state index in [9.17, 15) is 14.0 Å². The van der Waals surface area contributed by atoms with E-state index < -0.39 is 0 Å². The van der Waals surface area contributed by atoms with Gasteiger partial charge in [0.05, 0.1) is 11.4 Å². The lowest BCUT2D eigenvalue weighted by Gasteiger charge is -2.25. The van der Waals surface area contributed by atoms with Crippen LogP contribution >= 0.6 is 0 Å². The summed E-state index contributed by atoms with van der Waals surface area (Å²) in [5.74, 6) is -0.579. The van der Waals surface area contributed by atoms with E-state index in [1.807, 2.05) is 74.5 Å². The molecule has 0 fully saturated rings. The van der Waals surface area contributed by atoms with Gasteiger partial charge in [0.1, 0.15) is 18.2 Å². The van der Waals surface area contributed by atoms with Gasteiger partial charge in [0.25, 0.3) is 0 Å². The van der Waals surface area contributed by atoms with Crippen LogP contribution in [-0.2, 0) is 9.59 Å². The second-order valence-electron chi connectivity index (χ2n) is 8.52. The maximum absolute atomic E-state index is 13.5. The number of amides is 2. The Labute approximate surface area is 209 Å². The predicted octanol–water partition coefficient (Wildman–Crippen LogP) is 5.57. The lowest BCUT2D eigenvalue weighted by molar-refractivity contribution is -0.132. The molecule has 1 heterocycles. The van der Waals surface area contributed by atoms with Crippen LogP contribution in [-0.4, -0.2) is 39.1 Å². The molecule has 0 unspecified atom stereocenters. The Morgan fingerprint density at radius 2 is 1.61 bits per heavy atom. The maximum atomic E-state index is 13.5. The van der Waals surface area contributed by atoms with Crippen LogP contribution in [0.3, 0.4) is 0 Å². The fraction of sp³-hybridized carbons (Fsp3) is 0.138. The lowest BCUT2D eigenvalue weighted by Crippen LogP contribution is -2.41. The number of aromatic nitrogens is 2. The van der Waals surface area contributed by atoms with E-state index in [1.54, 1.807) is 29.0 Å². The van der Waals surface area contributed by atoms with Crippen molar-refractivity contribution in [1.29, 1.82) is 0 Å². The van der Waals surface area contributed by atoms with Crippen molar-refractivity contribution in [2.75, 3.05) is 11.9 Å². The fourth-order valence-corrected chi connectivity index (χ4v) is 3.68. The van der Waals surface area contributed by atoms with E-state index in [-0.39, 0.29) is 30.2 Å². The van der Waals surface area contributed by atoms with Gasteiger partial charge in [0.15, 0.2) is 0 Å². The molecule has 0 saturated heterocycles. The molecule has 2 amide bonds. The molecule has 0 saturated carbocycles. The lowest BCUT2D eigenvalue weighted by atomic mass is 10.1. The minimum absolute atomic E-state index is 0.134. The summed E-state index contributed by atoms with van der Waals surface area (Å²) in [5.41, 5.74) is 3.02. The highest BCUT2D eigenvalue weighted by Gasteiger charge is 2.20. The quantitative estimate of drug-likeness (QED) is 0.334. The molecule has 0 radical (unpaired) electrons. The molecule has 182 valence electrons. The average molecular weight is 483 g/mol. The zero-order chi connectivity index (χ0) is 25.5. The van der Waals surface area contributed by atoms with E-state index in [1.165, 1.54) is 23.1 Å². The van der Waals surface area contributed by atoms with Crippen molar-refractivity contribution in [2.45, 2.75) is 19.9 Å². The van der Waals surface area contributed by atoms with Crippen LogP contribution in [0.5, 0.6) is 0 Å². The first-order valence-electron chi connectivity index (χ1n) is 11.7. The molecule has 3 aromatic carbocycles. The van der Waals surface area contributed by atoms with Crippen molar-refractivity contribution in [1.82, 2.24) is 14.7 Å². The van der Waals surface area contributed by atoms with E-state index in [4.69, 9.17) is 0 Å². The summed E-state index contributed by atoms with van der Waals surface area (Å²) < 4.78 is 15.1. The summed E-state index contributed by atoms with van der Waals surface area (Å²) in [4.78, 5) is 27.4. The van der Waals surface area contributed by atoms with E-state index in [0.29, 0.717) is 17.2 Å². The van der Waals surface area contributed by atoms with Gasteiger partial charge in [-0.15, -0.1) is 0 Å². The van der Waals surface area contributed by atoms with Gasteiger partial charge < -0.3 is 10.2 Å². The third-order valence-corrected chi connectivity index (χ3v) is 5.56. The Balaban J connectivity index is 1.56. The molecule has 0 spiro atoms. The summed E-state index contributed by atoms with van der Waals surface area (Å²) in [6.07, 6.45) is 3.20. The number of rotatable bonds is 8. The predicted molar refractivity (Wildman–Crippen MR) is 140 cm³/mol. The Morgan fingerprint density at radius 1 is 0.972 bits per heavy atom. The zero-order valence-electron chi connectivity index (χ0n) is 20.1. The molecule has 4 rings (SSSR count). The van der Waals surface area contributed by atoms with Crippen molar-refractivity contribution in [3.05, 3.63) is 108 Å². The van der Waals surface area contributed by atoms with Gasteiger partial charge in [-0.3, -0.25) is 9.59 Å². The minimum Gasteiger partial charge on any atom is -0.327 e. The molecule has 7 heteroatoms. The largest absolute Gasteiger partial charge is 0.327 e. The number of hydrogen-bond donors (Lipinski definition) is 1. The Hall–Kier alpha value is -4.52. The van der Waals surface area contributed by atoms with Crippen molar-refractivity contribution >= 4 is 23.7 Å². The Morgan fingerprint density at radius 3 is 2.25 bits per heavy atom. The number of hydrogen-bond acceptors (Lipinski definition) is 3. The molecule has 0 aliphatic heterocycles. The SMILES string of the molecule is CC(C)N(CC(=O)Nc1cc(-c2ccccc2)nn1-c1ccc(F)cc1)C(=O)C=Cc1ccccc1. The van der Waals surface area contributed by atoms with E-state index >= 15 is 0 Å². The van der Waals surface area contributed by atoms with Gasteiger partial charge in [-0.2, -0.15) is 5.10 Å². The number of anilines is 1. The number of benzene rings is 3. The second-order valence-corrected chi connectivity index (χ2v) is 8.52. The van der Waals surface area contributed by atoms with Crippen molar-refractivity contribution in [3.63, 3.8) is 0 Å². The van der Waals surface area contributed by atoms with Gasteiger partial charge in [-0.05, 0) is 49.8 Å². The van der Waals surface area contributed by atoms with Gasteiger partial charge in [0.2, 0.25) is 11.8 Å². The first kappa shape index (κ1) is 24.6. The second kappa shape index (κ2) is 11.3. The summed E-state index contributed by atoms with van der Waals surface area (Å²) in [7, 11) is 0. The molecule has 1 N–H and O–H groups in total. The van der Waals surface area contributed by atoms with Gasteiger partial charge in [-0.25, -0.2) is 9.07 Å². The molecule has 1 aromatic heterocycles. The molecule has 0 aliphatic carbocycles. The van der Waals surface area contributed by atoms with Crippen LogP contribution in [0.4, 0.5) is 10.2 Å². The van der Waals surface area contributed by atoms with Crippen LogP contribution < -0.4 is 5.32 Å². The summed E-state index contributed by atoms with van der Waals surface area (Å²) >= 11 is 0. The minimum atomic E-state index is -0.368. The molecule has 36 heavy (non-hydrogen) atoms. The Kier molecular flexibility index (Phi) is 7.70. The topological polar surface area (TPSA) is 67.2 Å². The number of nitrogens with one attached hydrogen (secondary N) is 1. The summed E-state index contributed by atoms with van der Waals surface area (Å²) in [6.45, 7) is 3.58. The van der Waals surface area contributed by atoms with E-state index in [2.05, 4.69) is 10.4 Å². The van der Waals surface area contributed by atoms with Crippen LogP contribution in [0.25, 0.3) is 23.0 Å². The molecule has 0 bridgehead atoms. The summed E-state index contributed by atoms with van der Waals surface area (Å²) in [6, 6.07) is 26.5. The van der Waals surface area contributed by atoms with E-state index in [0.717, 1.165) is 11.1 Å². The number of nitrogens with zero attached hydrogens (tertiary/aromatic N) is 3. The smallest absolute Gasteiger partial charge is 0.247 e. The highest BCUT2D eigenvalue weighted by atomic mass is 19.1. The van der Waals surface area contributed by atoms with Crippen molar-refractivity contribution in [2.24, 2.45) is 0 Å². The fourth-order valence-electron chi connectivity index (χ4n) is 3.68. The monoisotopic (exact) mass is 482 g/mol.